The topological polar surface area (TPSA) is 95.2 Å². The summed E-state index contributed by atoms with van der Waals surface area (Å²) >= 11 is 0. The van der Waals surface area contributed by atoms with Crippen LogP contribution in [-0.4, -0.2) is 59.7 Å². The van der Waals surface area contributed by atoms with E-state index in [4.69, 9.17) is 9.72 Å². The van der Waals surface area contributed by atoms with Crippen LogP contribution >= 0.6 is 0 Å². The smallest absolute Gasteiger partial charge is 0.229 e. The molecule has 0 bridgehead atoms. The number of ether oxygens (including phenoxy) is 1. The number of carbonyl (C=O) groups excluding carboxylic acids is 1. The van der Waals surface area contributed by atoms with Crippen LogP contribution in [0.25, 0.3) is 11.0 Å². The van der Waals surface area contributed by atoms with E-state index in [1.54, 1.807) is 0 Å². The van der Waals surface area contributed by atoms with E-state index in [-0.39, 0.29) is 11.9 Å². The molecule has 2 aromatic heterocycles. The van der Waals surface area contributed by atoms with Gasteiger partial charge in [-0.1, -0.05) is 0 Å². The van der Waals surface area contributed by atoms with Crippen molar-refractivity contribution in [3.8, 4) is 0 Å². The molecule has 0 aromatic carbocycles. The third kappa shape index (κ3) is 4.39. The number of amides is 1. The second-order valence-electron chi connectivity index (χ2n) is 6.59. The summed E-state index contributed by atoms with van der Waals surface area (Å²) in [6.45, 7) is 9.36. The molecule has 0 atom stereocenters. The molecule has 0 unspecified atom stereocenters. The molecule has 8 nitrogen and oxygen atoms in total. The minimum Gasteiger partial charge on any atom is -0.378 e. The molecule has 1 aliphatic heterocycles. The Hall–Kier alpha value is -2.35. The zero-order valence-corrected chi connectivity index (χ0v) is 15.1. The standard InChI is InChI=1S/C17H26N6O2/c1-11(2)19-14(24)4-5-18-15-13-10-12(3)20-16(13)22-17(21-15)23-6-8-25-9-7-23/h10-11H,4-9H2,1-3H3,(H,19,24)(H2,18,20,21,22). The van der Waals surface area contributed by atoms with Gasteiger partial charge < -0.3 is 25.3 Å². The molecule has 1 amide bonds. The van der Waals surface area contributed by atoms with E-state index in [9.17, 15) is 4.79 Å². The molecule has 1 fully saturated rings. The first-order valence-electron chi connectivity index (χ1n) is 8.76. The largest absolute Gasteiger partial charge is 0.378 e. The van der Waals surface area contributed by atoms with E-state index in [1.165, 1.54) is 0 Å². The summed E-state index contributed by atoms with van der Waals surface area (Å²) in [5.74, 6) is 1.48. The number of carbonyl (C=O) groups is 1. The molecule has 3 rings (SSSR count). The molecule has 3 heterocycles. The van der Waals surface area contributed by atoms with Crippen LogP contribution in [0.4, 0.5) is 11.8 Å². The van der Waals surface area contributed by atoms with Gasteiger partial charge in [0.15, 0.2) is 0 Å². The van der Waals surface area contributed by atoms with Gasteiger partial charge in [-0.2, -0.15) is 9.97 Å². The fourth-order valence-electron chi connectivity index (χ4n) is 2.86. The summed E-state index contributed by atoms with van der Waals surface area (Å²) in [5, 5.41) is 7.13. The van der Waals surface area contributed by atoms with Crippen LogP contribution in [0.2, 0.25) is 0 Å². The summed E-state index contributed by atoms with van der Waals surface area (Å²) in [6.07, 6.45) is 0.403. The van der Waals surface area contributed by atoms with Crippen molar-refractivity contribution >= 4 is 28.7 Å². The van der Waals surface area contributed by atoms with Crippen LogP contribution in [0.3, 0.4) is 0 Å². The van der Waals surface area contributed by atoms with Gasteiger partial charge in [-0.3, -0.25) is 4.79 Å². The average Bonchev–Trinajstić information content (AvgIpc) is 2.95. The Morgan fingerprint density at radius 2 is 2.12 bits per heavy atom. The minimum absolute atomic E-state index is 0.0338. The highest BCUT2D eigenvalue weighted by Gasteiger charge is 2.17. The van der Waals surface area contributed by atoms with Gasteiger partial charge in [-0.25, -0.2) is 0 Å². The Labute approximate surface area is 147 Å². The highest BCUT2D eigenvalue weighted by molar-refractivity contribution is 5.89. The lowest BCUT2D eigenvalue weighted by atomic mass is 10.3. The Bertz CT molecular complexity index is 736. The number of rotatable bonds is 6. The van der Waals surface area contributed by atoms with Gasteiger partial charge in [0.2, 0.25) is 11.9 Å². The fourth-order valence-corrected chi connectivity index (χ4v) is 2.86. The maximum atomic E-state index is 11.8. The number of anilines is 2. The Balaban J connectivity index is 1.76. The van der Waals surface area contributed by atoms with Crippen molar-refractivity contribution in [3.63, 3.8) is 0 Å². The van der Waals surface area contributed by atoms with Crippen molar-refractivity contribution in [2.75, 3.05) is 43.1 Å². The quantitative estimate of drug-likeness (QED) is 0.732. The molecule has 2 aromatic rings. The molecule has 3 N–H and O–H groups in total. The highest BCUT2D eigenvalue weighted by Crippen LogP contribution is 2.24. The zero-order chi connectivity index (χ0) is 17.8. The van der Waals surface area contributed by atoms with Gasteiger partial charge in [-0.05, 0) is 26.8 Å². The van der Waals surface area contributed by atoms with E-state index >= 15 is 0 Å². The van der Waals surface area contributed by atoms with E-state index in [2.05, 4.69) is 25.5 Å². The number of H-pyrrole nitrogens is 1. The number of hydrogen-bond donors (Lipinski definition) is 3. The van der Waals surface area contributed by atoms with Gasteiger partial charge in [0.25, 0.3) is 0 Å². The molecule has 0 spiro atoms. The lowest BCUT2D eigenvalue weighted by Gasteiger charge is -2.27. The lowest BCUT2D eigenvalue weighted by Crippen LogP contribution is -2.37. The lowest BCUT2D eigenvalue weighted by molar-refractivity contribution is -0.121. The number of aromatic nitrogens is 3. The minimum atomic E-state index is 0.0338. The number of fused-ring (bicyclic) bond motifs is 1. The first-order valence-corrected chi connectivity index (χ1v) is 8.76. The third-order valence-corrected chi connectivity index (χ3v) is 4.00. The summed E-state index contributed by atoms with van der Waals surface area (Å²) in [4.78, 5) is 26.5. The van der Waals surface area contributed by atoms with Gasteiger partial charge in [-0.15, -0.1) is 0 Å². The number of aryl methyl sites for hydroxylation is 1. The first kappa shape index (κ1) is 17.5. The molecule has 25 heavy (non-hydrogen) atoms. The molecular formula is C17H26N6O2. The maximum absolute atomic E-state index is 11.8. The molecule has 1 saturated heterocycles. The SMILES string of the molecule is Cc1cc2c(NCCC(=O)NC(C)C)nc(N3CCOCC3)nc2[nH]1. The summed E-state index contributed by atoms with van der Waals surface area (Å²) < 4.78 is 5.40. The Morgan fingerprint density at radius 1 is 1.36 bits per heavy atom. The van der Waals surface area contributed by atoms with Gasteiger partial charge in [0.1, 0.15) is 11.5 Å². The van der Waals surface area contributed by atoms with Crippen LogP contribution in [0.1, 0.15) is 26.0 Å². The van der Waals surface area contributed by atoms with Crippen LogP contribution in [0, 0.1) is 6.92 Å². The van der Waals surface area contributed by atoms with Gasteiger partial charge in [0, 0.05) is 37.8 Å². The van der Waals surface area contributed by atoms with Crippen molar-refractivity contribution in [1.29, 1.82) is 0 Å². The molecule has 1 aliphatic rings. The predicted octanol–water partition coefficient (Wildman–Crippen LogP) is 1.43. The van der Waals surface area contributed by atoms with E-state index in [1.807, 2.05) is 26.8 Å². The summed E-state index contributed by atoms with van der Waals surface area (Å²) in [7, 11) is 0. The zero-order valence-electron chi connectivity index (χ0n) is 15.1. The van der Waals surface area contributed by atoms with Gasteiger partial charge >= 0.3 is 0 Å². The molecule has 0 radical (unpaired) electrons. The number of aromatic amines is 1. The van der Waals surface area contributed by atoms with Crippen molar-refractivity contribution in [2.24, 2.45) is 0 Å². The van der Waals surface area contributed by atoms with Crippen LogP contribution in [-0.2, 0) is 9.53 Å². The second-order valence-corrected chi connectivity index (χ2v) is 6.59. The van der Waals surface area contributed by atoms with Crippen molar-refractivity contribution in [2.45, 2.75) is 33.2 Å². The summed E-state index contributed by atoms with van der Waals surface area (Å²) in [6, 6.07) is 2.17. The Kier molecular flexibility index (Phi) is 5.37. The summed E-state index contributed by atoms with van der Waals surface area (Å²) in [5.41, 5.74) is 1.84. The third-order valence-electron chi connectivity index (χ3n) is 4.00. The second kappa shape index (κ2) is 7.69. The first-order chi connectivity index (χ1) is 12.0. The van der Waals surface area contributed by atoms with Crippen molar-refractivity contribution < 1.29 is 9.53 Å². The normalized spacial score (nSPS) is 15.0. The molecular weight excluding hydrogens is 320 g/mol. The molecule has 0 aliphatic carbocycles. The molecule has 136 valence electrons. The Morgan fingerprint density at radius 3 is 2.84 bits per heavy atom. The molecule has 8 heteroatoms. The number of nitrogens with zero attached hydrogens (tertiary/aromatic N) is 3. The number of hydrogen-bond acceptors (Lipinski definition) is 6. The van der Waals surface area contributed by atoms with E-state index < -0.39 is 0 Å². The van der Waals surface area contributed by atoms with Crippen LogP contribution < -0.4 is 15.5 Å². The fraction of sp³-hybridized carbons (Fsp3) is 0.588. The van der Waals surface area contributed by atoms with Gasteiger partial charge in [0.05, 0.1) is 18.6 Å². The monoisotopic (exact) mass is 346 g/mol. The predicted molar refractivity (Wildman–Crippen MR) is 98.0 cm³/mol. The van der Waals surface area contributed by atoms with Crippen LogP contribution in [0.5, 0.6) is 0 Å². The molecule has 0 saturated carbocycles. The van der Waals surface area contributed by atoms with Crippen molar-refractivity contribution in [1.82, 2.24) is 20.3 Å². The van der Waals surface area contributed by atoms with Crippen LogP contribution in [0.15, 0.2) is 6.07 Å². The van der Waals surface area contributed by atoms with E-state index in [0.29, 0.717) is 32.1 Å². The van der Waals surface area contributed by atoms with Crippen molar-refractivity contribution in [3.05, 3.63) is 11.8 Å². The highest BCUT2D eigenvalue weighted by atomic mass is 16.5. The van der Waals surface area contributed by atoms with E-state index in [0.717, 1.165) is 35.6 Å². The average molecular weight is 346 g/mol. The number of morpholine rings is 1. The number of nitrogens with one attached hydrogen (secondary N) is 3. The maximum Gasteiger partial charge on any atom is 0.229 e.